The van der Waals surface area contributed by atoms with Crippen LogP contribution in [0.15, 0.2) is 18.2 Å². The monoisotopic (exact) mass is 430 g/mol. The van der Waals surface area contributed by atoms with Crippen LogP contribution in [-0.4, -0.2) is 57.2 Å². The molecule has 156 valence electrons. The predicted molar refractivity (Wildman–Crippen MR) is 109 cm³/mol. The summed E-state index contributed by atoms with van der Waals surface area (Å²) in [6.45, 7) is 6.21. The van der Waals surface area contributed by atoms with E-state index in [0.717, 1.165) is 10.6 Å². The third-order valence-electron chi connectivity index (χ3n) is 4.90. The Kier molecular flexibility index (Phi) is 7.33. The molecular weight excluding hydrogens is 404 g/mol. The van der Waals surface area contributed by atoms with Gasteiger partial charge in [0.05, 0.1) is 24.5 Å². The number of anilines is 1. The van der Waals surface area contributed by atoms with Gasteiger partial charge in [-0.05, 0) is 51.3 Å². The van der Waals surface area contributed by atoms with Crippen LogP contribution >= 0.6 is 11.6 Å². The van der Waals surface area contributed by atoms with Crippen LogP contribution in [0.2, 0.25) is 5.02 Å². The van der Waals surface area contributed by atoms with Crippen molar-refractivity contribution in [3.63, 3.8) is 0 Å². The van der Waals surface area contributed by atoms with Gasteiger partial charge in [-0.25, -0.2) is 8.42 Å². The fourth-order valence-corrected chi connectivity index (χ4v) is 4.84. The third-order valence-corrected chi connectivity index (χ3v) is 6.36. The smallest absolute Gasteiger partial charge is 0.309 e. The fraction of sp³-hybridized carbons (Fsp3) is 0.579. The summed E-state index contributed by atoms with van der Waals surface area (Å²) in [6, 6.07) is 4.02. The predicted octanol–water partition coefficient (Wildman–Crippen LogP) is 2.60. The first-order valence-corrected chi connectivity index (χ1v) is 11.5. The van der Waals surface area contributed by atoms with Crippen molar-refractivity contribution in [1.82, 2.24) is 4.90 Å². The first-order valence-electron chi connectivity index (χ1n) is 9.27. The Morgan fingerprint density at radius 1 is 1.32 bits per heavy atom. The topological polar surface area (TPSA) is 84.0 Å². The highest BCUT2D eigenvalue weighted by molar-refractivity contribution is 7.92. The van der Waals surface area contributed by atoms with E-state index in [0.29, 0.717) is 48.8 Å². The Labute approximate surface area is 171 Å². The molecule has 0 aliphatic carbocycles. The van der Waals surface area contributed by atoms with Gasteiger partial charge in [-0.2, -0.15) is 0 Å². The molecule has 0 unspecified atom stereocenters. The maximum Gasteiger partial charge on any atom is 0.309 e. The Morgan fingerprint density at radius 2 is 1.93 bits per heavy atom. The Morgan fingerprint density at radius 3 is 2.46 bits per heavy atom. The number of aryl methyl sites for hydroxylation is 1. The molecule has 0 bridgehead atoms. The van der Waals surface area contributed by atoms with Crippen LogP contribution in [0, 0.1) is 12.8 Å². The maximum atomic E-state index is 13.0. The van der Waals surface area contributed by atoms with Crippen molar-refractivity contribution >= 4 is 39.2 Å². The van der Waals surface area contributed by atoms with Gasteiger partial charge in [-0.3, -0.25) is 13.9 Å². The lowest BCUT2D eigenvalue weighted by molar-refractivity contribution is -0.151. The molecule has 1 aromatic rings. The van der Waals surface area contributed by atoms with Crippen LogP contribution in [0.1, 0.15) is 32.3 Å². The fourth-order valence-electron chi connectivity index (χ4n) is 3.45. The summed E-state index contributed by atoms with van der Waals surface area (Å²) >= 11 is 6.05. The molecule has 1 aromatic carbocycles. The lowest BCUT2D eigenvalue weighted by Gasteiger charge is -2.36. The third kappa shape index (κ3) is 5.17. The van der Waals surface area contributed by atoms with E-state index in [1.54, 1.807) is 43.9 Å². The molecule has 0 radical (unpaired) electrons. The zero-order chi connectivity index (χ0) is 21.1. The van der Waals surface area contributed by atoms with E-state index >= 15 is 0 Å². The van der Waals surface area contributed by atoms with Crippen molar-refractivity contribution in [3.05, 3.63) is 28.8 Å². The SMILES string of the molecule is CCOC(=O)C1CCN(C(=O)[C@H](C)N(c2cc(Cl)ccc2C)S(C)(=O)=O)CC1. The van der Waals surface area contributed by atoms with Gasteiger partial charge < -0.3 is 9.64 Å². The van der Waals surface area contributed by atoms with Gasteiger partial charge in [-0.15, -0.1) is 0 Å². The number of hydrogen-bond acceptors (Lipinski definition) is 5. The number of carbonyl (C=O) groups excluding carboxylic acids is 2. The number of ether oxygens (including phenoxy) is 1. The molecular formula is C19H27ClN2O5S. The number of nitrogens with zero attached hydrogens (tertiary/aromatic N) is 2. The van der Waals surface area contributed by atoms with Crippen molar-refractivity contribution < 1.29 is 22.7 Å². The minimum Gasteiger partial charge on any atom is -0.466 e. The van der Waals surface area contributed by atoms with Crippen LogP contribution < -0.4 is 4.31 Å². The van der Waals surface area contributed by atoms with Crippen molar-refractivity contribution in [2.75, 3.05) is 30.3 Å². The van der Waals surface area contributed by atoms with E-state index in [1.807, 2.05) is 0 Å². The number of carbonyl (C=O) groups is 2. The molecule has 7 nitrogen and oxygen atoms in total. The lowest BCUT2D eigenvalue weighted by Crippen LogP contribution is -2.52. The minimum atomic E-state index is -3.72. The van der Waals surface area contributed by atoms with Crippen LogP contribution in [-0.2, 0) is 24.3 Å². The Balaban J connectivity index is 2.19. The van der Waals surface area contributed by atoms with Gasteiger partial charge in [-0.1, -0.05) is 17.7 Å². The summed E-state index contributed by atoms with van der Waals surface area (Å²) in [4.78, 5) is 26.5. The van der Waals surface area contributed by atoms with Crippen LogP contribution in [0.5, 0.6) is 0 Å². The van der Waals surface area contributed by atoms with Gasteiger partial charge in [0, 0.05) is 18.1 Å². The van der Waals surface area contributed by atoms with Gasteiger partial charge in [0.15, 0.2) is 0 Å². The second kappa shape index (κ2) is 9.13. The van der Waals surface area contributed by atoms with E-state index in [4.69, 9.17) is 16.3 Å². The number of piperidine rings is 1. The highest BCUT2D eigenvalue weighted by Crippen LogP contribution is 2.29. The van der Waals surface area contributed by atoms with Crippen molar-refractivity contribution in [2.45, 2.75) is 39.7 Å². The molecule has 1 atom stereocenters. The van der Waals surface area contributed by atoms with E-state index in [2.05, 4.69) is 0 Å². The quantitative estimate of drug-likeness (QED) is 0.647. The van der Waals surface area contributed by atoms with Gasteiger partial charge in [0.2, 0.25) is 15.9 Å². The standard InChI is InChI=1S/C19H27ClN2O5S/c1-5-27-19(24)15-8-10-21(11-9-15)18(23)14(3)22(28(4,25)26)17-12-16(20)7-6-13(17)2/h6-7,12,14-15H,5,8-11H2,1-4H3/t14-/m0/s1. The summed E-state index contributed by atoms with van der Waals surface area (Å²) < 4.78 is 31.1. The van der Waals surface area contributed by atoms with Crippen LogP contribution in [0.25, 0.3) is 0 Å². The summed E-state index contributed by atoms with van der Waals surface area (Å²) in [7, 11) is -3.72. The number of likely N-dealkylation sites (tertiary alicyclic amines) is 1. The molecule has 0 N–H and O–H groups in total. The number of benzene rings is 1. The molecule has 28 heavy (non-hydrogen) atoms. The largest absolute Gasteiger partial charge is 0.466 e. The number of esters is 1. The Hall–Kier alpha value is -1.80. The molecule has 9 heteroatoms. The molecule has 2 rings (SSSR count). The number of rotatable bonds is 6. The normalized spacial score (nSPS) is 16.5. The molecule has 1 amide bonds. The molecule has 0 saturated carbocycles. The first kappa shape index (κ1) is 22.5. The average molecular weight is 431 g/mol. The highest BCUT2D eigenvalue weighted by atomic mass is 35.5. The molecule has 1 aliphatic rings. The van der Waals surface area contributed by atoms with Crippen LogP contribution in [0.3, 0.4) is 0 Å². The molecule has 0 aromatic heterocycles. The van der Waals surface area contributed by atoms with Crippen molar-refractivity contribution in [3.8, 4) is 0 Å². The number of amides is 1. The second-order valence-corrected chi connectivity index (χ2v) is 9.31. The zero-order valence-electron chi connectivity index (χ0n) is 16.6. The molecule has 1 fully saturated rings. The molecule has 1 saturated heterocycles. The van der Waals surface area contributed by atoms with Crippen molar-refractivity contribution in [2.24, 2.45) is 5.92 Å². The summed E-state index contributed by atoms with van der Waals surface area (Å²) in [5, 5.41) is 0.393. The highest BCUT2D eigenvalue weighted by Gasteiger charge is 2.35. The van der Waals surface area contributed by atoms with Gasteiger partial charge in [0.1, 0.15) is 6.04 Å². The number of sulfonamides is 1. The van der Waals surface area contributed by atoms with Gasteiger partial charge >= 0.3 is 5.97 Å². The first-order chi connectivity index (χ1) is 13.1. The summed E-state index contributed by atoms with van der Waals surface area (Å²) in [5.74, 6) is -0.762. The van der Waals surface area contributed by atoms with E-state index in [9.17, 15) is 18.0 Å². The molecule has 1 heterocycles. The van der Waals surface area contributed by atoms with Crippen LogP contribution in [0.4, 0.5) is 5.69 Å². The van der Waals surface area contributed by atoms with E-state index in [-0.39, 0.29) is 17.8 Å². The average Bonchev–Trinajstić information content (AvgIpc) is 2.63. The summed E-state index contributed by atoms with van der Waals surface area (Å²) in [5.41, 5.74) is 1.09. The Bertz CT molecular complexity index is 835. The number of hydrogen-bond donors (Lipinski definition) is 0. The van der Waals surface area contributed by atoms with Gasteiger partial charge in [0.25, 0.3) is 0 Å². The molecule has 0 spiro atoms. The zero-order valence-corrected chi connectivity index (χ0v) is 18.2. The van der Waals surface area contributed by atoms with Crippen molar-refractivity contribution in [1.29, 1.82) is 0 Å². The maximum absolute atomic E-state index is 13.0. The lowest BCUT2D eigenvalue weighted by atomic mass is 9.96. The van der Waals surface area contributed by atoms with E-state index < -0.39 is 16.1 Å². The minimum absolute atomic E-state index is 0.222. The summed E-state index contributed by atoms with van der Waals surface area (Å²) in [6.07, 6.45) is 2.09. The van der Waals surface area contributed by atoms with E-state index in [1.165, 1.54) is 0 Å². The number of halogens is 1. The molecule has 1 aliphatic heterocycles. The second-order valence-electron chi connectivity index (χ2n) is 7.02.